The molecule has 0 aliphatic carbocycles. The lowest BCUT2D eigenvalue weighted by molar-refractivity contribution is 1.47. The average Bonchev–Trinajstić information content (AvgIpc) is 3.09. The minimum Gasteiger partial charge on any atom is -0.0616 e. The van der Waals surface area contributed by atoms with Crippen molar-refractivity contribution in [3.63, 3.8) is 0 Å². The monoisotopic (exact) mass is 584 g/mol. The van der Waals surface area contributed by atoms with E-state index < -0.39 is 0 Å². The summed E-state index contributed by atoms with van der Waals surface area (Å²) in [6, 6.07) is 58.6. The van der Waals surface area contributed by atoms with Crippen LogP contribution in [0.2, 0.25) is 0 Å². The van der Waals surface area contributed by atoms with Crippen LogP contribution < -0.4 is 0 Å². The van der Waals surface area contributed by atoms with Gasteiger partial charge in [0.25, 0.3) is 0 Å². The number of hydrogen-bond acceptors (Lipinski definition) is 0. The quantitative estimate of drug-likeness (QED) is 0.143. The third-order valence-electron chi connectivity index (χ3n) is 9.72. The summed E-state index contributed by atoms with van der Waals surface area (Å²) < 4.78 is 0. The van der Waals surface area contributed by atoms with Gasteiger partial charge >= 0.3 is 0 Å². The lowest BCUT2D eigenvalue weighted by atomic mass is 9.83. The molecule has 0 unspecified atom stereocenters. The Balaban J connectivity index is 1.40. The summed E-state index contributed by atoms with van der Waals surface area (Å²) in [7, 11) is 0. The summed E-state index contributed by atoms with van der Waals surface area (Å²) in [5, 5.41) is 12.8. The highest BCUT2D eigenvalue weighted by Crippen LogP contribution is 2.47. The van der Waals surface area contributed by atoms with Crippen LogP contribution in [-0.4, -0.2) is 0 Å². The maximum absolute atomic E-state index is 2.40. The van der Waals surface area contributed by atoms with Crippen LogP contribution in [0, 0.1) is 13.8 Å². The highest BCUT2D eigenvalue weighted by atomic mass is 14.2. The molecule has 0 saturated carbocycles. The van der Waals surface area contributed by atoms with Crippen LogP contribution in [0.3, 0.4) is 0 Å². The second-order valence-electron chi connectivity index (χ2n) is 12.6. The van der Waals surface area contributed by atoms with Gasteiger partial charge in [0.1, 0.15) is 0 Å². The molecule has 0 aromatic heterocycles. The summed E-state index contributed by atoms with van der Waals surface area (Å²) in [4.78, 5) is 0. The van der Waals surface area contributed by atoms with E-state index in [0.29, 0.717) is 0 Å². The standard InChI is InChI=1S/C46H32/c1-29-12-9-15-32(26-29)44-34-17-4-3-14-31(34)28-43-35-22-11-23-37(36(35)24-25-42(43)44)46-40-20-7-5-18-38(40)45(33-16-10-13-30(2)27-33)39-19-6-8-21-41(39)46/h3-28H,1-2H3. The van der Waals surface area contributed by atoms with Crippen LogP contribution in [0.25, 0.3) is 87.2 Å². The van der Waals surface area contributed by atoms with Gasteiger partial charge in [-0.05, 0) is 107 Å². The largest absolute Gasteiger partial charge is 0.0616 e. The highest BCUT2D eigenvalue weighted by molar-refractivity contribution is 6.26. The lowest BCUT2D eigenvalue weighted by Gasteiger charge is -2.20. The minimum atomic E-state index is 1.26. The van der Waals surface area contributed by atoms with Gasteiger partial charge in [0.15, 0.2) is 0 Å². The lowest BCUT2D eigenvalue weighted by Crippen LogP contribution is -1.92. The van der Waals surface area contributed by atoms with Crippen LogP contribution in [0.5, 0.6) is 0 Å². The molecule has 0 amide bonds. The zero-order chi connectivity index (χ0) is 30.8. The maximum Gasteiger partial charge on any atom is -0.00201 e. The first-order chi connectivity index (χ1) is 22.7. The molecule has 216 valence electrons. The van der Waals surface area contributed by atoms with Crippen molar-refractivity contribution in [1.82, 2.24) is 0 Å². The molecule has 9 aromatic carbocycles. The van der Waals surface area contributed by atoms with Gasteiger partial charge in [0.05, 0.1) is 0 Å². The van der Waals surface area contributed by atoms with Crippen molar-refractivity contribution >= 4 is 53.9 Å². The van der Waals surface area contributed by atoms with Gasteiger partial charge in [-0.1, -0.05) is 163 Å². The van der Waals surface area contributed by atoms with E-state index in [1.54, 1.807) is 0 Å². The van der Waals surface area contributed by atoms with Crippen molar-refractivity contribution in [2.45, 2.75) is 13.8 Å². The summed E-state index contributed by atoms with van der Waals surface area (Å²) in [6.45, 7) is 4.35. The smallest absolute Gasteiger partial charge is 0.00201 e. The Morgan fingerprint density at radius 1 is 0.283 bits per heavy atom. The predicted molar refractivity (Wildman–Crippen MR) is 200 cm³/mol. The van der Waals surface area contributed by atoms with Gasteiger partial charge in [-0.15, -0.1) is 0 Å². The molecule has 0 nitrogen and oxygen atoms in total. The first-order valence-electron chi connectivity index (χ1n) is 16.1. The Kier molecular flexibility index (Phi) is 6.05. The molecule has 0 fully saturated rings. The van der Waals surface area contributed by atoms with E-state index in [0.717, 1.165) is 0 Å². The third-order valence-corrected chi connectivity index (χ3v) is 9.72. The van der Waals surface area contributed by atoms with Gasteiger partial charge in [-0.3, -0.25) is 0 Å². The van der Waals surface area contributed by atoms with Crippen LogP contribution in [0.15, 0.2) is 158 Å². The Bertz CT molecular complexity index is 2600. The predicted octanol–water partition coefficient (Wildman–Crippen LogP) is 13.1. The molecule has 0 radical (unpaired) electrons. The van der Waals surface area contributed by atoms with Crippen molar-refractivity contribution in [3.05, 3.63) is 169 Å². The van der Waals surface area contributed by atoms with E-state index in [-0.39, 0.29) is 0 Å². The second kappa shape index (κ2) is 10.4. The number of fused-ring (bicyclic) bond motifs is 6. The Labute approximate surface area is 269 Å². The first-order valence-corrected chi connectivity index (χ1v) is 16.1. The van der Waals surface area contributed by atoms with E-state index in [1.807, 2.05) is 0 Å². The molecular formula is C46H32. The SMILES string of the molecule is Cc1cccc(-c2c3ccccc3c(-c3cccc4c3ccc3c(-c5cccc(C)c5)c5ccccc5cc34)c3ccccc23)c1. The van der Waals surface area contributed by atoms with Gasteiger partial charge in [-0.25, -0.2) is 0 Å². The second-order valence-corrected chi connectivity index (χ2v) is 12.6. The number of aryl methyl sites for hydroxylation is 2. The van der Waals surface area contributed by atoms with Crippen LogP contribution in [-0.2, 0) is 0 Å². The van der Waals surface area contributed by atoms with Gasteiger partial charge in [-0.2, -0.15) is 0 Å². The van der Waals surface area contributed by atoms with Crippen molar-refractivity contribution < 1.29 is 0 Å². The average molecular weight is 585 g/mol. The van der Waals surface area contributed by atoms with Crippen LogP contribution in [0.4, 0.5) is 0 Å². The fraction of sp³-hybridized carbons (Fsp3) is 0.0435. The number of benzene rings is 9. The highest BCUT2D eigenvalue weighted by Gasteiger charge is 2.19. The molecule has 0 heterocycles. The molecule has 0 aliphatic rings. The fourth-order valence-corrected chi connectivity index (χ4v) is 7.77. The Morgan fingerprint density at radius 3 is 1.35 bits per heavy atom. The number of hydrogen-bond donors (Lipinski definition) is 0. The molecule has 46 heavy (non-hydrogen) atoms. The molecule has 0 bridgehead atoms. The zero-order valence-corrected chi connectivity index (χ0v) is 26.0. The van der Waals surface area contributed by atoms with Crippen molar-refractivity contribution in [2.75, 3.05) is 0 Å². The molecule has 0 aliphatic heterocycles. The third kappa shape index (κ3) is 4.07. The topological polar surface area (TPSA) is 0 Å². The molecule has 0 atom stereocenters. The molecule has 9 rings (SSSR count). The van der Waals surface area contributed by atoms with Crippen molar-refractivity contribution in [3.8, 4) is 33.4 Å². The minimum absolute atomic E-state index is 1.26. The molecule has 9 aromatic rings. The van der Waals surface area contributed by atoms with Crippen molar-refractivity contribution in [2.24, 2.45) is 0 Å². The van der Waals surface area contributed by atoms with E-state index in [1.165, 1.54) is 98.4 Å². The van der Waals surface area contributed by atoms with E-state index in [9.17, 15) is 0 Å². The Hall–Kier alpha value is -5.72. The van der Waals surface area contributed by atoms with Gasteiger partial charge < -0.3 is 0 Å². The molecule has 0 N–H and O–H groups in total. The summed E-state index contributed by atoms with van der Waals surface area (Å²) in [6.07, 6.45) is 0. The Morgan fingerprint density at radius 2 is 0.739 bits per heavy atom. The zero-order valence-electron chi connectivity index (χ0n) is 26.0. The summed E-state index contributed by atoms with van der Waals surface area (Å²) in [5.41, 5.74) is 10.3. The van der Waals surface area contributed by atoms with Gasteiger partial charge in [0.2, 0.25) is 0 Å². The summed E-state index contributed by atoms with van der Waals surface area (Å²) >= 11 is 0. The first kappa shape index (κ1) is 26.7. The summed E-state index contributed by atoms with van der Waals surface area (Å²) in [5.74, 6) is 0. The fourth-order valence-electron chi connectivity index (χ4n) is 7.77. The van der Waals surface area contributed by atoms with E-state index in [2.05, 4.69) is 172 Å². The maximum atomic E-state index is 2.40. The van der Waals surface area contributed by atoms with E-state index >= 15 is 0 Å². The van der Waals surface area contributed by atoms with Crippen molar-refractivity contribution in [1.29, 1.82) is 0 Å². The molecule has 0 saturated heterocycles. The molecule has 0 spiro atoms. The van der Waals surface area contributed by atoms with Crippen LogP contribution in [0.1, 0.15) is 11.1 Å². The normalized spacial score (nSPS) is 11.7. The number of rotatable bonds is 3. The molecule has 0 heteroatoms. The van der Waals surface area contributed by atoms with Gasteiger partial charge in [0, 0.05) is 0 Å². The van der Waals surface area contributed by atoms with Crippen LogP contribution >= 0.6 is 0 Å². The molecular weight excluding hydrogens is 553 g/mol. The van der Waals surface area contributed by atoms with E-state index in [4.69, 9.17) is 0 Å².